The number of hydrogen-bond acceptors (Lipinski definition) is 8. The third-order valence-corrected chi connectivity index (χ3v) is 5.30. The van der Waals surface area contributed by atoms with Crippen molar-refractivity contribution in [1.82, 2.24) is 4.90 Å². The van der Waals surface area contributed by atoms with Gasteiger partial charge in [-0.25, -0.2) is 9.59 Å². The van der Waals surface area contributed by atoms with E-state index in [0.717, 1.165) is 5.56 Å². The number of nitro benzene ring substituents is 1. The van der Waals surface area contributed by atoms with Gasteiger partial charge in [0.15, 0.2) is 11.3 Å². The number of carbonyl (C=O) groups excluding carboxylic acids is 2. The normalized spacial score (nSPS) is 13.4. The molecule has 1 aliphatic heterocycles. The molecule has 3 aromatic rings. The fraction of sp³-hybridized carbons (Fsp3) is 0.333. The average molecular weight is 468 g/mol. The first kappa shape index (κ1) is 23.1. The number of fused-ring (bicyclic) bond motifs is 3. The second-order valence-corrected chi connectivity index (χ2v) is 8.82. The van der Waals surface area contributed by atoms with E-state index >= 15 is 0 Å². The highest BCUT2D eigenvalue weighted by molar-refractivity contribution is 6.07. The summed E-state index contributed by atoms with van der Waals surface area (Å²) in [6.07, 6.45) is 0.00963. The average Bonchev–Trinajstić information content (AvgIpc) is 3.16. The van der Waals surface area contributed by atoms with Gasteiger partial charge >= 0.3 is 12.1 Å². The molecule has 2 aromatic carbocycles. The van der Waals surface area contributed by atoms with E-state index in [1.165, 1.54) is 31.4 Å². The van der Waals surface area contributed by atoms with Gasteiger partial charge in [-0.1, -0.05) is 0 Å². The summed E-state index contributed by atoms with van der Waals surface area (Å²) in [7, 11) is 1.50. The molecule has 0 saturated heterocycles. The minimum absolute atomic E-state index is 0.106. The van der Waals surface area contributed by atoms with Gasteiger partial charge < -0.3 is 23.5 Å². The molecule has 10 heteroatoms. The lowest BCUT2D eigenvalue weighted by atomic mass is 9.99. The molecule has 0 radical (unpaired) electrons. The summed E-state index contributed by atoms with van der Waals surface area (Å²) in [6, 6.07) is 8.44. The smallest absolute Gasteiger partial charge is 0.410 e. The Bertz CT molecular complexity index is 1270. The molecule has 0 saturated carbocycles. The van der Waals surface area contributed by atoms with Crippen LogP contribution < -0.4 is 9.47 Å². The Morgan fingerprint density at radius 2 is 1.82 bits per heavy atom. The third kappa shape index (κ3) is 4.52. The summed E-state index contributed by atoms with van der Waals surface area (Å²) in [4.78, 5) is 37.4. The highest BCUT2D eigenvalue weighted by atomic mass is 16.6. The van der Waals surface area contributed by atoms with Crippen LogP contribution in [0.4, 0.5) is 10.5 Å². The van der Waals surface area contributed by atoms with E-state index in [1.54, 1.807) is 37.8 Å². The number of benzene rings is 2. The van der Waals surface area contributed by atoms with Crippen LogP contribution in [-0.2, 0) is 17.7 Å². The summed E-state index contributed by atoms with van der Waals surface area (Å²) < 4.78 is 22.4. The lowest BCUT2D eigenvalue weighted by Crippen LogP contribution is -2.39. The maximum atomic E-state index is 13.0. The van der Waals surface area contributed by atoms with E-state index in [4.69, 9.17) is 18.6 Å². The maximum absolute atomic E-state index is 13.0. The van der Waals surface area contributed by atoms with Gasteiger partial charge in [-0.3, -0.25) is 10.1 Å². The number of furan rings is 1. The molecule has 1 amide bonds. The van der Waals surface area contributed by atoms with Crippen LogP contribution in [0, 0.1) is 10.1 Å². The van der Waals surface area contributed by atoms with Crippen LogP contribution in [0.25, 0.3) is 11.0 Å². The molecule has 1 aromatic heterocycles. The van der Waals surface area contributed by atoms with Crippen LogP contribution in [0.3, 0.4) is 0 Å². The number of hydrogen-bond donors (Lipinski definition) is 0. The zero-order valence-electron chi connectivity index (χ0n) is 19.2. The van der Waals surface area contributed by atoms with Crippen molar-refractivity contribution in [2.45, 2.75) is 39.3 Å². The minimum atomic E-state index is -0.639. The number of amides is 1. The quantitative estimate of drug-likeness (QED) is 0.230. The van der Waals surface area contributed by atoms with Crippen LogP contribution in [0.15, 0.2) is 40.8 Å². The van der Waals surface area contributed by atoms with Crippen molar-refractivity contribution in [3.8, 4) is 11.5 Å². The second kappa shape index (κ2) is 8.69. The fourth-order valence-corrected chi connectivity index (χ4v) is 3.79. The van der Waals surface area contributed by atoms with E-state index in [2.05, 4.69) is 0 Å². The predicted octanol–water partition coefficient (Wildman–Crippen LogP) is 4.86. The van der Waals surface area contributed by atoms with Gasteiger partial charge in [0.2, 0.25) is 0 Å². The van der Waals surface area contributed by atoms with E-state index in [9.17, 15) is 19.7 Å². The summed E-state index contributed by atoms with van der Waals surface area (Å²) in [5, 5.41) is 11.4. The Labute approximate surface area is 195 Å². The number of ether oxygens (including phenoxy) is 3. The number of esters is 1. The predicted molar refractivity (Wildman–Crippen MR) is 121 cm³/mol. The van der Waals surface area contributed by atoms with Gasteiger partial charge in [-0.15, -0.1) is 0 Å². The van der Waals surface area contributed by atoms with Crippen molar-refractivity contribution in [1.29, 1.82) is 0 Å². The minimum Gasteiger partial charge on any atom is -0.493 e. The van der Waals surface area contributed by atoms with Crippen molar-refractivity contribution in [2.24, 2.45) is 0 Å². The van der Waals surface area contributed by atoms with Crippen molar-refractivity contribution in [3.05, 3.63) is 63.4 Å². The fourth-order valence-electron chi connectivity index (χ4n) is 3.79. The second-order valence-electron chi connectivity index (χ2n) is 8.82. The van der Waals surface area contributed by atoms with Crippen LogP contribution >= 0.6 is 0 Å². The summed E-state index contributed by atoms with van der Waals surface area (Å²) in [5.41, 5.74) is 0.722. The molecular weight excluding hydrogens is 444 g/mol. The number of non-ortho nitro benzene ring substituents is 1. The number of methoxy groups -OCH3 is 1. The van der Waals surface area contributed by atoms with E-state index in [1.807, 2.05) is 0 Å². The highest BCUT2D eigenvalue weighted by Gasteiger charge is 2.32. The number of nitro groups is 1. The molecule has 0 N–H and O–H groups in total. The Morgan fingerprint density at radius 3 is 2.44 bits per heavy atom. The Kier molecular flexibility index (Phi) is 5.90. The summed E-state index contributed by atoms with van der Waals surface area (Å²) in [6.45, 7) is 5.99. The zero-order chi connectivity index (χ0) is 24.6. The standard InChI is InChI=1S/C24H24N2O8/c1-24(2,3)34-23(28)25-12-11-16-19(13-25)33-21-18(31-4)10-9-17(20(16)21)22(27)32-15-7-5-14(6-8-15)26(29)30/h5-10H,11-13H2,1-4H3. The third-order valence-electron chi connectivity index (χ3n) is 5.30. The highest BCUT2D eigenvalue weighted by Crippen LogP contribution is 2.38. The molecule has 2 heterocycles. The molecule has 0 bridgehead atoms. The van der Waals surface area contributed by atoms with Gasteiger partial charge in [0.1, 0.15) is 17.1 Å². The zero-order valence-corrected chi connectivity index (χ0v) is 19.2. The largest absolute Gasteiger partial charge is 0.493 e. The molecular formula is C24H24N2O8. The molecule has 0 unspecified atom stereocenters. The number of rotatable bonds is 4. The van der Waals surface area contributed by atoms with Gasteiger partial charge in [0.25, 0.3) is 5.69 Å². The SMILES string of the molecule is COc1ccc(C(=O)Oc2ccc([N+](=O)[O-])cc2)c2c3c(oc12)CN(C(=O)OC(C)(C)C)CC3. The molecule has 0 spiro atoms. The molecule has 34 heavy (non-hydrogen) atoms. The summed E-state index contributed by atoms with van der Waals surface area (Å²) >= 11 is 0. The number of carbonyl (C=O) groups is 2. The first-order chi connectivity index (χ1) is 16.1. The molecule has 0 atom stereocenters. The van der Waals surface area contributed by atoms with Gasteiger partial charge in [0.05, 0.1) is 24.1 Å². The van der Waals surface area contributed by atoms with E-state index in [0.29, 0.717) is 35.4 Å². The van der Waals surface area contributed by atoms with Crippen molar-refractivity contribution in [3.63, 3.8) is 0 Å². The topological polar surface area (TPSA) is 121 Å². The molecule has 178 valence electrons. The first-order valence-corrected chi connectivity index (χ1v) is 10.6. The molecule has 10 nitrogen and oxygen atoms in total. The van der Waals surface area contributed by atoms with Gasteiger partial charge in [-0.05, 0) is 51.5 Å². The first-order valence-electron chi connectivity index (χ1n) is 10.6. The lowest BCUT2D eigenvalue weighted by molar-refractivity contribution is -0.384. The Morgan fingerprint density at radius 1 is 1.12 bits per heavy atom. The van der Waals surface area contributed by atoms with Crippen molar-refractivity contribution >= 4 is 28.7 Å². The Balaban J connectivity index is 1.66. The van der Waals surface area contributed by atoms with Crippen LogP contribution in [-0.4, -0.2) is 41.1 Å². The van der Waals surface area contributed by atoms with Crippen LogP contribution in [0.5, 0.6) is 11.5 Å². The van der Waals surface area contributed by atoms with Crippen molar-refractivity contribution in [2.75, 3.05) is 13.7 Å². The van der Waals surface area contributed by atoms with Crippen LogP contribution in [0.1, 0.15) is 42.5 Å². The molecule has 4 rings (SSSR count). The number of nitrogens with zero attached hydrogens (tertiary/aromatic N) is 2. The maximum Gasteiger partial charge on any atom is 0.410 e. The van der Waals surface area contributed by atoms with Crippen LogP contribution in [0.2, 0.25) is 0 Å². The molecule has 1 aliphatic rings. The lowest BCUT2D eigenvalue weighted by Gasteiger charge is -2.29. The van der Waals surface area contributed by atoms with Gasteiger partial charge in [0, 0.05) is 29.6 Å². The monoisotopic (exact) mass is 468 g/mol. The molecule has 0 aliphatic carbocycles. The molecule has 0 fully saturated rings. The van der Waals surface area contributed by atoms with E-state index in [-0.39, 0.29) is 23.5 Å². The Hall–Kier alpha value is -4.08. The van der Waals surface area contributed by atoms with E-state index < -0.39 is 22.6 Å². The summed E-state index contributed by atoms with van der Waals surface area (Å²) in [5.74, 6) is 0.522. The van der Waals surface area contributed by atoms with Crippen molar-refractivity contribution < 1.29 is 33.1 Å². The van der Waals surface area contributed by atoms with Gasteiger partial charge in [-0.2, -0.15) is 0 Å².